The molecule has 1 rings (SSSR count). The molecule has 0 bridgehead atoms. The lowest BCUT2D eigenvalue weighted by atomic mass is 9.90. The van der Waals surface area contributed by atoms with E-state index in [2.05, 4.69) is 48.5 Å². The number of aldehydes is 1. The highest BCUT2D eigenvalue weighted by Gasteiger charge is 2.24. The van der Waals surface area contributed by atoms with Gasteiger partial charge in [0.05, 0.1) is 0 Å². The number of pyridine rings is 1. The van der Waals surface area contributed by atoms with Crippen LogP contribution in [0.25, 0.3) is 0 Å². The summed E-state index contributed by atoms with van der Waals surface area (Å²) in [7, 11) is 3.21. The predicted molar refractivity (Wildman–Crippen MR) is 160 cm³/mol. The summed E-state index contributed by atoms with van der Waals surface area (Å²) in [5.74, 6) is 0.820. The van der Waals surface area contributed by atoms with E-state index in [1.54, 1.807) is 27.8 Å². The standard InChI is InChI=1S/C30H48N2O3S2/c1-3-5-7-9-10-11-12-13-15-17-21-27(20-16-14-8-6-4-2)28(26-33)35-30(34)32-24-25-36-37-29-22-18-19-23-31-29/h5,7,10-11,18-19,22-23,26-28H,3-4,6,8-9,12-17,20-21,24-25H2,1-2H3,(H,32,34)/b7-5+,11-10+. The molecule has 1 amide bonds. The Kier molecular flexibility index (Phi) is 22.1. The minimum atomic E-state index is -0.674. The van der Waals surface area contributed by atoms with Crippen LogP contribution >= 0.6 is 21.6 Å². The molecule has 2 atom stereocenters. The van der Waals surface area contributed by atoms with Gasteiger partial charge in [-0.1, -0.05) is 100.0 Å². The number of alkyl carbamates (subject to hydrolysis) is 1. The molecule has 0 spiro atoms. The van der Waals surface area contributed by atoms with Crippen molar-refractivity contribution >= 4 is 34.0 Å². The van der Waals surface area contributed by atoms with E-state index in [1.807, 2.05) is 18.2 Å². The lowest BCUT2D eigenvalue weighted by Crippen LogP contribution is -2.35. The van der Waals surface area contributed by atoms with E-state index in [0.29, 0.717) is 6.54 Å². The first-order chi connectivity index (χ1) is 18.2. The van der Waals surface area contributed by atoms with Crippen molar-refractivity contribution in [2.45, 2.75) is 108 Å². The van der Waals surface area contributed by atoms with Crippen LogP contribution in [0, 0.1) is 5.92 Å². The Bertz CT molecular complexity index is 744. The number of allylic oxidation sites excluding steroid dienone is 4. The van der Waals surface area contributed by atoms with Crippen molar-refractivity contribution < 1.29 is 14.3 Å². The third-order valence-electron chi connectivity index (χ3n) is 6.04. The van der Waals surface area contributed by atoms with Gasteiger partial charge in [-0.15, -0.1) is 0 Å². The molecule has 0 aromatic carbocycles. The third kappa shape index (κ3) is 19.1. The molecule has 0 aliphatic heterocycles. The summed E-state index contributed by atoms with van der Waals surface area (Å²) < 4.78 is 5.58. The molecular weight excluding hydrogens is 500 g/mol. The van der Waals surface area contributed by atoms with Crippen molar-refractivity contribution in [3.05, 3.63) is 48.7 Å². The van der Waals surface area contributed by atoms with Crippen LogP contribution < -0.4 is 5.32 Å². The van der Waals surface area contributed by atoms with Crippen molar-refractivity contribution in [2.24, 2.45) is 5.92 Å². The molecule has 0 aliphatic carbocycles. The lowest BCUT2D eigenvalue weighted by Gasteiger charge is -2.23. The Morgan fingerprint density at radius 3 is 2.46 bits per heavy atom. The molecule has 2 unspecified atom stereocenters. The van der Waals surface area contributed by atoms with E-state index in [4.69, 9.17) is 4.74 Å². The van der Waals surface area contributed by atoms with E-state index in [1.165, 1.54) is 25.7 Å². The Morgan fingerprint density at radius 2 is 1.76 bits per heavy atom. The summed E-state index contributed by atoms with van der Waals surface area (Å²) in [6, 6.07) is 5.80. The zero-order valence-electron chi connectivity index (χ0n) is 22.9. The number of hydrogen-bond donors (Lipinski definition) is 1. The zero-order chi connectivity index (χ0) is 26.8. The average molecular weight is 549 g/mol. The van der Waals surface area contributed by atoms with Gasteiger partial charge >= 0.3 is 6.09 Å². The molecule has 5 nitrogen and oxygen atoms in total. The summed E-state index contributed by atoms with van der Waals surface area (Å²) >= 11 is 0. The smallest absolute Gasteiger partial charge is 0.407 e. The van der Waals surface area contributed by atoms with Gasteiger partial charge in [0.25, 0.3) is 0 Å². The maximum Gasteiger partial charge on any atom is 0.407 e. The second kappa shape index (κ2) is 24.6. The second-order valence-corrected chi connectivity index (χ2v) is 11.6. The first-order valence-corrected chi connectivity index (χ1v) is 16.4. The van der Waals surface area contributed by atoms with E-state index in [0.717, 1.165) is 74.9 Å². The highest BCUT2D eigenvalue weighted by molar-refractivity contribution is 8.76. The molecule has 1 aromatic rings. The number of amides is 1. The number of unbranched alkanes of at least 4 members (excludes halogenated alkanes) is 7. The van der Waals surface area contributed by atoms with E-state index in [-0.39, 0.29) is 5.92 Å². The van der Waals surface area contributed by atoms with Crippen LogP contribution in [-0.2, 0) is 9.53 Å². The molecule has 1 aromatic heterocycles. The fraction of sp³-hybridized carbons (Fsp3) is 0.633. The molecular formula is C30H48N2O3S2. The van der Waals surface area contributed by atoms with Gasteiger partial charge in [-0.2, -0.15) is 0 Å². The number of nitrogens with zero attached hydrogens (tertiary/aromatic N) is 1. The van der Waals surface area contributed by atoms with Gasteiger partial charge in [0.15, 0.2) is 12.4 Å². The van der Waals surface area contributed by atoms with Crippen LogP contribution in [-0.4, -0.2) is 35.8 Å². The monoisotopic (exact) mass is 548 g/mol. The average Bonchev–Trinajstić information content (AvgIpc) is 2.92. The van der Waals surface area contributed by atoms with Gasteiger partial charge in [0.1, 0.15) is 5.03 Å². The Morgan fingerprint density at radius 1 is 1.00 bits per heavy atom. The predicted octanol–water partition coefficient (Wildman–Crippen LogP) is 8.96. The van der Waals surface area contributed by atoms with Gasteiger partial charge in [-0.25, -0.2) is 9.78 Å². The highest BCUT2D eigenvalue weighted by atomic mass is 33.1. The number of rotatable bonds is 23. The Labute approximate surface area is 233 Å². The molecule has 208 valence electrons. The first-order valence-electron chi connectivity index (χ1n) is 14.1. The first kappa shape index (κ1) is 33.3. The molecule has 1 heterocycles. The van der Waals surface area contributed by atoms with Gasteiger partial charge in [-0.05, 0) is 61.5 Å². The van der Waals surface area contributed by atoms with E-state index in [9.17, 15) is 9.59 Å². The molecule has 0 aliphatic rings. The van der Waals surface area contributed by atoms with Crippen molar-refractivity contribution in [1.82, 2.24) is 10.3 Å². The maximum atomic E-state index is 12.4. The lowest BCUT2D eigenvalue weighted by molar-refractivity contribution is -0.118. The summed E-state index contributed by atoms with van der Waals surface area (Å²) in [5, 5.41) is 3.74. The highest BCUT2D eigenvalue weighted by Crippen LogP contribution is 2.28. The fourth-order valence-corrected chi connectivity index (χ4v) is 5.76. The zero-order valence-corrected chi connectivity index (χ0v) is 24.6. The van der Waals surface area contributed by atoms with Crippen LogP contribution in [0.3, 0.4) is 0 Å². The third-order valence-corrected chi connectivity index (χ3v) is 8.31. The topological polar surface area (TPSA) is 68.3 Å². The second-order valence-electron chi connectivity index (χ2n) is 9.19. The fourth-order valence-electron chi connectivity index (χ4n) is 3.98. The largest absolute Gasteiger partial charge is 0.438 e. The van der Waals surface area contributed by atoms with Crippen molar-refractivity contribution in [1.29, 1.82) is 0 Å². The van der Waals surface area contributed by atoms with Crippen LogP contribution in [0.1, 0.15) is 97.3 Å². The van der Waals surface area contributed by atoms with Gasteiger partial charge in [-0.3, -0.25) is 4.79 Å². The summed E-state index contributed by atoms with van der Waals surface area (Å²) in [6.45, 7) is 4.85. The SMILES string of the molecule is CC/C=C/C/C=C/CCCCCC(CCCCCCC)C(C=O)OC(=O)NCCSSc1ccccn1. The minimum absolute atomic E-state index is 0.0914. The molecule has 1 N–H and O–H groups in total. The quantitative estimate of drug-likeness (QED) is 0.0637. The molecule has 0 saturated heterocycles. The van der Waals surface area contributed by atoms with E-state index >= 15 is 0 Å². The Hall–Kier alpha value is -1.73. The maximum absolute atomic E-state index is 12.4. The van der Waals surface area contributed by atoms with Crippen molar-refractivity contribution in [3.8, 4) is 0 Å². The van der Waals surface area contributed by atoms with Crippen LogP contribution in [0.4, 0.5) is 4.79 Å². The van der Waals surface area contributed by atoms with Crippen LogP contribution in [0.2, 0.25) is 0 Å². The number of nitrogens with one attached hydrogen (secondary N) is 1. The number of hydrogen-bond acceptors (Lipinski definition) is 6. The molecule has 0 fully saturated rings. The van der Waals surface area contributed by atoms with Gasteiger partial charge in [0, 0.05) is 24.4 Å². The molecule has 0 radical (unpaired) electrons. The normalized spacial score (nSPS) is 13.1. The van der Waals surface area contributed by atoms with Gasteiger partial charge in [0.2, 0.25) is 0 Å². The minimum Gasteiger partial charge on any atom is -0.438 e. The number of carbonyl (C=O) groups excluding carboxylic acids is 2. The number of aromatic nitrogens is 1. The number of ether oxygens (including phenoxy) is 1. The van der Waals surface area contributed by atoms with Crippen molar-refractivity contribution in [2.75, 3.05) is 12.3 Å². The van der Waals surface area contributed by atoms with E-state index < -0.39 is 12.2 Å². The number of carbonyl (C=O) groups is 2. The summed E-state index contributed by atoms with van der Waals surface area (Å²) in [5.41, 5.74) is 0. The van der Waals surface area contributed by atoms with Crippen LogP contribution in [0.5, 0.6) is 0 Å². The Balaban J connectivity index is 2.38. The van der Waals surface area contributed by atoms with Crippen molar-refractivity contribution in [3.63, 3.8) is 0 Å². The van der Waals surface area contributed by atoms with Crippen LogP contribution in [0.15, 0.2) is 53.7 Å². The van der Waals surface area contributed by atoms with Gasteiger partial charge < -0.3 is 10.1 Å². The molecule has 37 heavy (non-hydrogen) atoms. The summed E-state index contributed by atoms with van der Waals surface area (Å²) in [6.07, 6.45) is 24.6. The molecule has 0 saturated carbocycles. The summed E-state index contributed by atoms with van der Waals surface area (Å²) in [4.78, 5) is 28.5. The molecule has 7 heteroatoms.